The van der Waals surface area contributed by atoms with Crippen LogP contribution in [-0.2, 0) is 6.54 Å². The summed E-state index contributed by atoms with van der Waals surface area (Å²) in [7, 11) is 0. The third-order valence-electron chi connectivity index (χ3n) is 1.99. The number of rotatable bonds is 3. The maximum Gasteiger partial charge on any atom is 0.219 e. The van der Waals surface area contributed by atoms with Crippen LogP contribution in [0.1, 0.15) is 5.56 Å². The van der Waals surface area contributed by atoms with E-state index in [-0.39, 0.29) is 12.4 Å². The number of pyridine rings is 1. The van der Waals surface area contributed by atoms with E-state index in [1.54, 1.807) is 6.20 Å². The van der Waals surface area contributed by atoms with Crippen LogP contribution < -0.4 is 10.5 Å². The smallest absolute Gasteiger partial charge is 0.219 e. The quantitative estimate of drug-likeness (QED) is 0.892. The molecule has 2 aromatic rings. The van der Waals surface area contributed by atoms with Crippen LogP contribution in [-0.4, -0.2) is 4.98 Å². The molecule has 1 aromatic heterocycles. The number of benzene rings is 1. The van der Waals surface area contributed by atoms with Gasteiger partial charge in [-0.1, -0.05) is 18.2 Å². The predicted molar refractivity (Wildman–Crippen MR) is 65.9 cm³/mol. The lowest BCUT2D eigenvalue weighted by Gasteiger charge is -2.05. The van der Waals surface area contributed by atoms with Crippen LogP contribution in [0.25, 0.3) is 0 Å². The van der Waals surface area contributed by atoms with Gasteiger partial charge in [0.1, 0.15) is 5.75 Å². The van der Waals surface area contributed by atoms with E-state index in [1.165, 1.54) is 0 Å². The van der Waals surface area contributed by atoms with Crippen LogP contribution >= 0.6 is 12.4 Å². The first kappa shape index (κ1) is 12.5. The van der Waals surface area contributed by atoms with Crippen molar-refractivity contribution in [2.75, 3.05) is 0 Å². The summed E-state index contributed by atoms with van der Waals surface area (Å²) in [6.07, 6.45) is 1.70. The van der Waals surface area contributed by atoms with Gasteiger partial charge >= 0.3 is 0 Å². The van der Waals surface area contributed by atoms with Gasteiger partial charge in [-0.3, -0.25) is 0 Å². The second kappa shape index (κ2) is 6.10. The number of hydrogen-bond acceptors (Lipinski definition) is 3. The number of aromatic nitrogens is 1. The van der Waals surface area contributed by atoms with Crippen molar-refractivity contribution in [3.05, 3.63) is 54.2 Å². The first-order chi connectivity index (χ1) is 7.38. The highest BCUT2D eigenvalue weighted by Gasteiger charge is 1.97. The lowest BCUT2D eigenvalue weighted by atomic mass is 10.2. The maximum atomic E-state index is 5.55. The SMILES string of the molecule is Cl.NCc1cccc(Oc2ccccn2)c1. The van der Waals surface area contributed by atoms with Gasteiger partial charge in [0.15, 0.2) is 0 Å². The zero-order valence-electron chi connectivity index (χ0n) is 8.67. The summed E-state index contributed by atoms with van der Waals surface area (Å²) < 4.78 is 5.55. The molecule has 0 amide bonds. The van der Waals surface area contributed by atoms with Gasteiger partial charge in [-0.2, -0.15) is 0 Å². The zero-order chi connectivity index (χ0) is 10.5. The maximum absolute atomic E-state index is 5.55. The van der Waals surface area contributed by atoms with E-state index in [0.29, 0.717) is 12.4 Å². The summed E-state index contributed by atoms with van der Waals surface area (Å²) in [6, 6.07) is 13.2. The second-order valence-electron chi connectivity index (χ2n) is 3.12. The molecule has 2 N–H and O–H groups in total. The van der Waals surface area contributed by atoms with E-state index in [2.05, 4.69) is 4.98 Å². The highest BCUT2D eigenvalue weighted by atomic mass is 35.5. The summed E-state index contributed by atoms with van der Waals surface area (Å²) in [5.41, 5.74) is 6.59. The molecular weight excluding hydrogens is 224 g/mol. The van der Waals surface area contributed by atoms with Crippen LogP contribution in [0.2, 0.25) is 0 Å². The van der Waals surface area contributed by atoms with Crippen molar-refractivity contribution in [2.24, 2.45) is 5.73 Å². The minimum atomic E-state index is 0. The van der Waals surface area contributed by atoms with Crippen LogP contribution in [0.5, 0.6) is 11.6 Å². The Bertz CT molecular complexity index is 434. The van der Waals surface area contributed by atoms with Crippen molar-refractivity contribution >= 4 is 12.4 Å². The van der Waals surface area contributed by atoms with E-state index in [4.69, 9.17) is 10.5 Å². The van der Waals surface area contributed by atoms with E-state index < -0.39 is 0 Å². The normalized spacial score (nSPS) is 9.31. The summed E-state index contributed by atoms with van der Waals surface area (Å²) >= 11 is 0. The molecule has 1 aromatic carbocycles. The van der Waals surface area contributed by atoms with Crippen molar-refractivity contribution in [2.45, 2.75) is 6.54 Å². The Hall–Kier alpha value is -1.58. The van der Waals surface area contributed by atoms with Gasteiger partial charge in [-0.15, -0.1) is 12.4 Å². The van der Waals surface area contributed by atoms with Crippen LogP contribution in [0.15, 0.2) is 48.7 Å². The van der Waals surface area contributed by atoms with Gasteiger partial charge in [0, 0.05) is 18.8 Å². The minimum Gasteiger partial charge on any atom is -0.439 e. The zero-order valence-corrected chi connectivity index (χ0v) is 9.48. The molecule has 0 aliphatic rings. The molecule has 1 heterocycles. The fourth-order valence-electron chi connectivity index (χ4n) is 1.26. The third kappa shape index (κ3) is 3.22. The molecule has 16 heavy (non-hydrogen) atoms. The highest BCUT2D eigenvalue weighted by Crippen LogP contribution is 2.19. The Kier molecular flexibility index (Phi) is 4.76. The molecule has 84 valence electrons. The van der Waals surface area contributed by atoms with Gasteiger partial charge in [0.05, 0.1) is 0 Å². The molecule has 0 spiro atoms. The molecule has 0 unspecified atom stereocenters. The second-order valence-corrected chi connectivity index (χ2v) is 3.12. The monoisotopic (exact) mass is 236 g/mol. The van der Waals surface area contributed by atoms with Crippen molar-refractivity contribution < 1.29 is 4.74 Å². The van der Waals surface area contributed by atoms with E-state index in [1.807, 2.05) is 42.5 Å². The molecule has 0 bridgehead atoms. The highest BCUT2D eigenvalue weighted by molar-refractivity contribution is 5.85. The topological polar surface area (TPSA) is 48.1 Å². The molecule has 0 radical (unpaired) electrons. The first-order valence-electron chi connectivity index (χ1n) is 4.76. The van der Waals surface area contributed by atoms with Gasteiger partial charge in [0.2, 0.25) is 5.88 Å². The fraction of sp³-hybridized carbons (Fsp3) is 0.0833. The lowest BCUT2D eigenvalue weighted by Crippen LogP contribution is -1.96. The van der Waals surface area contributed by atoms with Crippen LogP contribution in [0, 0.1) is 0 Å². The van der Waals surface area contributed by atoms with Gasteiger partial charge < -0.3 is 10.5 Å². The Morgan fingerprint density at radius 2 is 2.00 bits per heavy atom. The first-order valence-corrected chi connectivity index (χ1v) is 4.76. The van der Waals surface area contributed by atoms with Crippen molar-refractivity contribution in [3.63, 3.8) is 0 Å². The molecule has 0 saturated heterocycles. The van der Waals surface area contributed by atoms with Gasteiger partial charge in [-0.05, 0) is 23.8 Å². The Morgan fingerprint density at radius 3 is 2.69 bits per heavy atom. The van der Waals surface area contributed by atoms with E-state index in [0.717, 1.165) is 11.3 Å². The number of hydrogen-bond donors (Lipinski definition) is 1. The largest absolute Gasteiger partial charge is 0.439 e. The summed E-state index contributed by atoms with van der Waals surface area (Å²) in [6.45, 7) is 0.513. The van der Waals surface area contributed by atoms with Crippen molar-refractivity contribution in [1.29, 1.82) is 0 Å². The average Bonchev–Trinajstić information content (AvgIpc) is 2.31. The predicted octanol–water partition coefficient (Wildman–Crippen LogP) is 2.75. The summed E-state index contributed by atoms with van der Waals surface area (Å²) in [4.78, 5) is 4.08. The molecule has 3 nitrogen and oxygen atoms in total. The molecule has 2 rings (SSSR count). The Balaban J connectivity index is 0.00000128. The fourth-order valence-corrected chi connectivity index (χ4v) is 1.26. The van der Waals surface area contributed by atoms with E-state index >= 15 is 0 Å². The Labute approximate surface area is 101 Å². The van der Waals surface area contributed by atoms with Gasteiger partial charge in [-0.25, -0.2) is 4.98 Å². The lowest BCUT2D eigenvalue weighted by molar-refractivity contribution is 0.462. The number of nitrogens with zero attached hydrogens (tertiary/aromatic N) is 1. The molecule has 0 aliphatic heterocycles. The standard InChI is InChI=1S/C12H12N2O.ClH/c13-9-10-4-3-5-11(8-10)15-12-6-1-2-7-14-12;/h1-8H,9,13H2;1H. The molecular formula is C12H13ClN2O. The van der Waals surface area contributed by atoms with Crippen molar-refractivity contribution in [3.8, 4) is 11.6 Å². The van der Waals surface area contributed by atoms with Gasteiger partial charge in [0.25, 0.3) is 0 Å². The molecule has 0 aliphatic carbocycles. The third-order valence-corrected chi connectivity index (χ3v) is 1.99. The summed E-state index contributed by atoms with van der Waals surface area (Å²) in [5, 5.41) is 0. The number of ether oxygens (including phenoxy) is 1. The molecule has 0 saturated carbocycles. The van der Waals surface area contributed by atoms with Crippen LogP contribution in [0.3, 0.4) is 0 Å². The molecule has 4 heteroatoms. The molecule has 0 atom stereocenters. The minimum absolute atomic E-state index is 0. The van der Waals surface area contributed by atoms with Crippen molar-refractivity contribution in [1.82, 2.24) is 4.98 Å². The summed E-state index contributed by atoms with van der Waals surface area (Å²) in [5.74, 6) is 1.35. The van der Waals surface area contributed by atoms with Crippen LogP contribution in [0.4, 0.5) is 0 Å². The average molecular weight is 237 g/mol. The number of nitrogens with two attached hydrogens (primary N) is 1. The molecule has 0 fully saturated rings. The number of halogens is 1. The van der Waals surface area contributed by atoms with E-state index in [9.17, 15) is 0 Å². The Morgan fingerprint density at radius 1 is 1.12 bits per heavy atom.